The van der Waals surface area contributed by atoms with E-state index in [0.717, 1.165) is 42.2 Å². The number of hydrogen-bond donors (Lipinski definition) is 1. The van der Waals surface area contributed by atoms with E-state index >= 15 is 0 Å². The average Bonchev–Trinajstić information content (AvgIpc) is 3.22. The van der Waals surface area contributed by atoms with Gasteiger partial charge >= 0.3 is 6.09 Å². The Balaban J connectivity index is 1.61. The average molecular weight is 454 g/mol. The molecule has 0 bridgehead atoms. The van der Waals surface area contributed by atoms with Crippen molar-refractivity contribution in [3.8, 4) is 11.3 Å². The van der Waals surface area contributed by atoms with Crippen LogP contribution in [0.4, 0.5) is 10.5 Å². The number of carbonyl (C=O) groups is 2. The number of carbonyl (C=O) groups excluding carboxylic acids is 2. The molecule has 0 saturated carbocycles. The monoisotopic (exact) mass is 453 g/mol. The predicted molar refractivity (Wildman–Crippen MR) is 128 cm³/mol. The largest absolute Gasteiger partial charge is 0.464 e. The third-order valence-corrected chi connectivity index (χ3v) is 6.45. The van der Waals surface area contributed by atoms with Gasteiger partial charge < -0.3 is 19.4 Å². The molecule has 2 amide bonds. The summed E-state index contributed by atoms with van der Waals surface area (Å²) in [5.41, 5.74) is 3.81. The summed E-state index contributed by atoms with van der Waals surface area (Å²) in [6.07, 6.45) is 5.63. The number of piperidine rings is 1. The second kappa shape index (κ2) is 10.00. The molecule has 0 aliphatic carbocycles. The van der Waals surface area contributed by atoms with Gasteiger partial charge in [-0.1, -0.05) is 6.42 Å². The molecule has 2 atom stereocenters. The number of ether oxygens (including phenoxy) is 1. The van der Waals surface area contributed by atoms with Crippen LogP contribution in [-0.2, 0) is 16.1 Å². The van der Waals surface area contributed by atoms with Gasteiger partial charge in [-0.15, -0.1) is 0 Å². The Kier molecular flexibility index (Phi) is 7.08. The van der Waals surface area contributed by atoms with Gasteiger partial charge in [-0.3, -0.25) is 9.69 Å². The van der Waals surface area contributed by atoms with Crippen LogP contribution >= 0.6 is 0 Å². The highest BCUT2D eigenvalue weighted by Gasteiger charge is 2.34. The summed E-state index contributed by atoms with van der Waals surface area (Å²) < 4.78 is 11.2. The Hall–Kier alpha value is -2.80. The van der Waals surface area contributed by atoms with Gasteiger partial charge in [0.1, 0.15) is 5.76 Å². The zero-order valence-electron chi connectivity index (χ0n) is 20.1. The maximum absolute atomic E-state index is 12.4. The van der Waals surface area contributed by atoms with E-state index in [0.29, 0.717) is 6.42 Å². The van der Waals surface area contributed by atoms with Crippen molar-refractivity contribution in [1.82, 2.24) is 10.2 Å². The number of nitrogens with one attached hydrogen (secondary N) is 1. The van der Waals surface area contributed by atoms with Crippen LogP contribution in [0.25, 0.3) is 11.3 Å². The second-order valence-corrected chi connectivity index (χ2v) is 9.55. The van der Waals surface area contributed by atoms with Crippen molar-refractivity contribution >= 4 is 17.7 Å². The van der Waals surface area contributed by atoms with E-state index < -0.39 is 6.09 Å². The van der Waals surface area contributed by atoms with Gasteiger partial charge in [0.05, 0.1) is 18.4 Å². The minimum atomic E-state index is -0.448. The molecule has 1 fully saturated rings. The highest BCUT2D eigenvalue weighted by atomic mass is 16.6. The first-order chi connectivity index (χ1) is 15.8. The van der Waals surface area contributed by atoms with E-state index in [4.69, 9.17) is 9.15 Å². The number of hydrogen-bond acceptors (Lipinski definition) is 5. The second-order valence-electron chi connectivity index (χ2n) is 9.55. The van der Waals surface area contributed by atoms with Crippen LogP contribution in [0.1, 0.15) is 70.5 Å². The summed E-state index contributed by atoms with van der Waals surface area (Å²) in [4.78, 5) is 29.0. The normalized spacial score (nSPS) is 21.1. The molecule has 2 aliphatic heterocycles. The molecule has 0 spiro atoms. The number of rotatable bonds is 5. The molecule has 1 saturated heterocycles. The number of benzene rings is 1. The highest BCUT2D eigenvalue weighted by Crippen LogP contribution is 2.40. The van der Waals surface area contributed by atoms with Crippen LogP contribution in [-0.4, -0.2) is 42.1 Å². The topological polar surface area (TPSA) is 75.0 Å². The van der Waals surface area contributed by atoms with Crippen molar-refractivity contribution in [3.63, 3.8) is 0 Å². The number of likely N-dealkylation sites (tertiary alicyclic amines) is 1. The van der Waals surface area contributed by atoms with Gasteiger partial charge in [0.25, 0.3) is 0 Å². The molecule has 178 valence electrons. The van der Waals surface area contributed by atoms with Gasteiger partial charge in [0, 0.05) is 36.3 Å². The molecule has 2 aliphatic rings. The zero-order chi connectivity index (χ0) is 23.5. The number of furan rings is 1. The molecule has 1 aromatic carbocycles. The quantitative estimate of drug-likeness (QED) is 0.669. The van der Waals surface area contributed by atoms with Crippen molar-refractivity contribution in [1.29, 1.82) is 0 Å². The van der Waals surface area contributed by atoms with Gasteiger partial charge in [-0.25, -0.2) is 4.79 Å². The van der Waals surface area contributed by atoms with Crippen LogP contribution in [0.3, 0.4) is 0 Å². The van der Waals surface area contributed by atoms with Gasteiger partial charge in [-0.05, 0) is 83.0 Å². The van der Waals surface area contributed by atoms with E-state index in [9.17, 15) is 9.59 Å². The van der Waals surface area contributed by atoms with Gasteiger partial charge in [-0.2, -0.15) is 0 Å². The molecule has 3 heterocycles. The van der Waals surface area contributed by atoms with E-state index in [2.05, 4.69) is 16.3 Å². The first-order valence-corrected chi connectivity index (χ1v) is 12.0. The number of nitrogens with zero attached hydrogens (tertiary/aromatic N) is 2. The molecule has 7 heteroatoms. The molecule has 1 aromatic heterocycles. The summed E-state index contributed by atoms with van der Waals surface area (Å²) in [5, 5.41) is 3.00. The van der Waals surface area contributed by atoms with Gasteiger partial charge in [0.15, 0.2) is 0 Å². The fourth-order valence-electron chi connectivity index (χ4n) is 5.01. The Morgan fingerprint density at radius 3 is 2.64 bits per heavy atom. The molecular formula is C26H35N3O4. The fraction of sp³-hybridized carbons (Fsp3) is 0.538. The van der Waals surface area contributed by atoms with Crippen molar-refractivity contribution in [2.75, 3.05) is 18.0 Å². The first kappa shape index (κ1) is 23.4. The van der Waals surface area contributed by atoms with Crippen molar-refractivity contribution in [3.05, 3.63) is 41.7 Å². The van der Waals surface area contributed by atoms with Crippen LogP contribution in [0.15, 0.2) is 34.9 Å². The summed E-state index contributed by atoms with van der Waals surface area (Å²) in [7, 11) is 0. The lowest BCUT2D eigenvalue weighted by Gasteiger charge is -2.39. The van der Waals surface area contributed by atoms with E-state index in [-0.39, 0.29) is 24.1 Å². The van der Waals surface area contributed by atoms with E-state index in [1.807, 2.05) is 45.2 Å². The summed E-state index contributed by atoms with van der Waals surface area (Å²) in [6.45, 7) is 10.4. The number of amides is 2. The maximum Gasteiger partial charge on any atom is 0.407 e. The number of fused-ring (bicyclic) bond motifs is 1. The Morgan fingerprint density at radius 2 is 1.94 bits per heavy atom. The SMILES string of the molecule is CC(=O)N1c2ccc(-c3cc(CN4CCCCC4)co3)cc2C(NC(=O)OC(C)C)C[C@H]1C. The van der Waals surface area contributed by atoms with Crippen molar-refractivity contribution < 1.29 is 18.7 Å². The predicted octanol–water partition coefficient (Wildman–Crippen LogP) is 5.25. The summed E-state index contributed by atoms with van der Waals surface area (Å²) >= 11 is 0. The number of anilines is 1. The molecule has 0 radical (unpaired) electrons. The van der Waals surface area contributed by atoms with Crippen molar-refractivity contribution in [2.24, 2.45) is 0 Å². The third kappa shape index (κ3) is 5.41. The Labute approximate surface area is 196 Å². The lowest BCUT2D eigenvalue weighted by atomic mass is 9.90. The zero-order valence-corrected chi connectivity index (χ0v) is 20.1. The lowest BCUT2D eigenvalue weighted by molar-refractivity contribution is -0.117. The molecule has 33 heavy (non-hydrogen) atoms. The van der Waals surface area contributed by atoms with Crippen LogP contribution in [0.2, 0.25) is 0 Å². The van der Waals surface area contributed by atoms with E-state index in [1.54, 1.807) is 11.8 Å². The first-order valence-electron chi connectivity index (χ1n) is 12.0. The van der Waals surface area contributed by atoms with Crippen molar-refractivity contribution in [2.45, 2.75) is 78.1 Å². The number of alkyl carbamates (subject to hydrolysis) is 1. The Bertz CT molecular complexity index is 993. The summed E-state index contributed by atoms with van der Waals surface area (Å²) in [6, 6.07) is 7.78. The molecule has 1 unspecified atom stereocenters. The van der Waals surface area contributed by atoms with E-state index in [1.165, 1.54) is 24.8 Å². The minimum Gasteiger partial charge on any atom is -0.464 e. The smallest absolute Gasteiger partial charge is 0.407 e. The maximum atomic E-state index is 12.4. The third-order valence-electron chi connectivity index (χ3n) is 6.45. The Morgan fingerprint density at radius 1 is 1.18 bits per heavy atom. The van der Waals surface area contributed by atoms with Crippen LogP contribution in [0.5, 0.6) is 0 Å². The highest BCUT2D eigenvalue weighted by molar-refractivity contribution is 5.94. The lowest BCUT2D eigenvalue weighted by Crippen LogP contribution is -2.45. The molecule has 7 nitrogen and oxygen atoms in total. The molecule has 4 rings (SSSR count). The van der Waals surface area contributed by atoms with Crippen LogP contribution < -0.4 is 10.2 Å². The standard InChI is InChI=1S/C26H35N3O4/c1-17(2)33-26(31)27-23-12-18(3)29(19(4)30)24-9-8-21(14-22(23)24)25-13-20(16-32-25)15-28-10-6-5-7-11-28/h8-9,13-14,16-18,23H,5-7,10-12,15H2,1-4H3,(H,27,31)/t18-,23?/m1/s1. The minimum absolute atomic E-state index is 0.0125. The molecule has 2 aromatic rings. The molecular weight excluding hydrogens is 418 g/mol. The summed E-state index contributed by atoms with van der Waals surface area (Å²) in [5.74, 6) is 0.780. The fourth-order valence-corrected chi connectivity index (χ4v) is 5.01. The molecule has 1 N–H and O–H groups in total. The van der Waals surface area contributed by atoms with Crippen LogP contribution in [0, 0.1) is 0 Å². The van der Waals surface area contributed by atoms with Gasteiger partial charge in [0.2, 0.25) is 5.91 Å².